The number of benzene rings is 2. The average Bonchev–Trinajstić information content (AvgIpc) is 2.46. The van der Waals surface area contributed by atoms with Gasteiger partial charge in [-0.15, -0.1) is 0 Å². The highest BCUT2D eigenvalue weighted by Crippen LogP contribution is 2.30. The van der Waals surface area contributed by atoms with Crippen molar-refractivity contribution in [3.63, 3.8) is 0 Å². The molecule has 2 rings (SSSR count). The van der Waals surface area contributed by atoms with Gasteiger partial charge in [0.05, 0.1) is 22.7 Å². The minimum absolute atomic E-state index is 0.126. The van der Waals surface area contributed by atoms with Crippen molar-refractivity contribution in [1.82, 2.24) is 0 Å². The van der Waals surface area contributed by atoms with Gasteiger partial charge in [0, 0.05) is 7.05 Å². The zero-order valence-corrected chi connectivity index (χ0v) is 14.5. The third-order valence-corrected chi connectivity index (χ3v) is 5.54. The van der Waals surface area contributed by atoms with Crippen molar-refractivity contribution in [3.8, 4) is 5.75 Å². The Morgan fingerprint density at radius 1 is 1.09 bits per heavy atom. The fourth-order valence-corrected chi connectivity index (χ4v) is 3.86. The Balaban J connectivity index is 2.47. The van der Waals surface area contributed by atoms with Gasteiger partial charge in [0.25, 0.3) is 10.0 Å². The Kier molecular flexibility index (Phi) is 4.68. The molecular weight excluding hydrogens is 322 g/mol. The maximum Gasteiger partial charge on any atom is 0.264 e. The molecule has 0 aliphatic rings. The molecule has 2 aromatic carbocycles. The quantitative estimate of drug-likeness (QED) is 0.851. The number of rotatable bonds is 4. The summed E-state index contributed by atoms with van der Waals surface area (Å²) in [5.74, 6) is 0.440. The van der Waals surface area contributed by atoms with Gasteiger partial charge in [0.1, 0.15) is 5.75 Å². The summed E-state index contributed by atoms with van der Waals surface area (Å²) in [5.41, 5.74) is 2.61. The molecule has 0 heterocycles. The number of ether oxygens (including phenoxy) is 1. The Hall–Kier alpha value is -1.72. The predicted molar refractivity (Wildman–Crippen MR) is 89.5 cm³/mol. The van der Waals surface area contributed by atoms with Gasteiger partial charge in [-0.05, 0) is 43.7 Å². The number of nitrogens with zero attached hydrogens (tertiary/aromatic N) is 1. The third kappa shape index (κ3) is 3.05. The van der Waals surface area contributed by atoms with Gasteiger partial charge in [-0.25, -0.2) is 8.42 Å². The summed E-state index contributed by atoms with van der Waals surface area (Å²) in [4.78, 5) is 0.126. The van der Waals surface area contributed by atoms with Gasteiger partial charge in [-0.3, -0.25) is 4.31 Å². The molecule has 0 fully saturated rings. The van der Waals surface area contributed by atoms with Crippen molar-refractivity contribution in [1.29, 1.82) is 0 Å². The van der Waals surface area contributed by atoms with Crippen LogP contribution in [0.4, 0.5) is 5.69 Å². The van der Waals surface area contributed by atoms with Crippen LogP contribution in [-0.2, 0) is 10.0 Å². The molecule has 0 saturated heterocycles. The van der Waals surface area contributed by atoms with Crippen molar-refractivity contribution in [2.75, 3.05) is 18.5 Å². The Morgan fingerprint density at radius 2 is 1.77 bits per heavy atom. The number of hydrogen-bond donors (Lipinski definition) is 0. The molecule has 0 aliphatic carbocycles. The van der Waals surface area contributed by atoms with Crippen LogP contribution in [-0.4, -0.2) is 22.6 Å². The third-order valence-electron chi connectivity index (χ3n) is 3.47. The van der Waals surface area contributed by atoms with Gasteiger partial charge in [-0.2, -0.15) is 0 Å². The van der Waals surface area contributed by atoms with Gasteiger partial charge < -0.3 is 4.74 Å². The molecule has 0 aliphatic heterocycles. The summed E-state index contributed by atoms with van der Waals surface area (Å²) in [6, 6.07) is 10.1. The second-order valence-corrected chi connectivity index (χ2v) is 7.44. The molecule has 4 nitrogen and oxygen atoms in total. The number of methoxy groups -OCH3 is 1. The van der Waals surface area contributed by atoms with Crippen molar-refractivity contribution in [2.45, 2.75) is 18.7 Å². The SMILES string of the molecule is COc1ccc(S(=O)(=O)N(C)c2ccc(C)cc2C)cc1Cl. The molecule has 0 saturated carbocycles. The minimum atomic E-state index is -3.68. The summed E-state index contributed by atoms with van der Waals surface area (Å²) in [5, 5.41) is 0.262. The first-order valence-corrected chi connectivity index (χ1v) is 8.49. The van der Waals surface area contributed by atoms with E-state index in [1.807, 2.05) is 26.0 Å². The lowest BCUT2D eigenvalue weighted by molar-refractivity contribution is 0.414. The lowest BCUT2D eigenvalue weighted by Crippen LogP contribution is -2.27. The lowest BCUT2D eigenvalue weighted by atomic mass is 10.1. The van der Waals surface area contributed by atoms with E-state index in [9.17, 15) is 8.42 Å². The van der Waals surface area contributed by atoms with E-state index >= 15 is 0 Å². The van der Waals surface area contributed by atoms with E-state index < -0.39 is 10.0 Å². The van der Waals surface area contributed by atoms with Crippen molar-refractivity contribution in [3.05, 3.63) is 52.5 Å². The number of aryl methyl sites for hydroxylation is 2. The normalized spacial score (nSPS) is 11.3. The zero-order valence-electron chi connectivity index (χ0n) is 12.9. The van der Waals surface area contributed by atoms with E-state index in [-0.39, 0.29) is 9.92 Å². The lowest BCUT2D eigenvalue weighted by Gasteiger charge is -2.22. The first-order valence-electron chi connectivity index (χ1n) is 6.67. The molecule has 118 valence electrons. The summed E-state index contributed by atoms with van der Waals surface area (Å²) in [6.45, 7) is 3.85. The average molecular weight is 340 g/mol. The largest absolute Gasteiger partial charge is 0.495 e. The van der Waals surface area contributed by atoms with Crippen LogP contribution in [0.5, 0.6) is 5.75 Å². The first-order chi connectivity index (χ1) is 10.3. The van der Waals surface area contributed by atoms with Gasteiger partial charge in [0.2, 0.25) is 0 Å². The molecule has 6 heteroatoms. The minimum Gasteiger partial charge on any atom is -0.495 e. The van der Waals surface area contributed by atoms with Crippen LogP contribution in [0.25, 0.3) is 0 Å². The summed E-state index contributed by atoms with van der Waals surface area (Å²) >= 11 is 6.03. The number of sulfonamides is 1. The molecule has 2 aromatic rings. The maximum atomic E-state index is 12.7. The number of anilines is 1. The first kappa shape index (κ1) is 16.6. The highest BCUT2D eigenvalue weighted by Gasteiger charge is 2.23. The number of halogens is 1. The van der Waals surface area contributed by atoms with Crippen LogP contribution in [0.1, 0.15) is 11.1 Å². The predicted octanol–water partition coefficient (Wildman–Crippen LogP) is 3.79. The Morgan fingerprint density at radius 3 is 2.32 bits per heavy atom. The van der Waals surface area contributed by atoms with Crippen LogP contribution in [0.2, 0.25) is 5.02 Å². The van der Waals surface area contributed by atoms with Crippen LogP contribution in [0, 0.1) is 13.8 Å². The molecule has 0 aromatic heterocycles. The van der Waals surface area contributed by atoms with E-state index in [2.05, 4.69) is 0 Å². The second kappa shape index (κ2) is 6.18. The van der Waals surface area contributed by atoms with E-state index in [1.165, 1.54) is 30.6 Å². The molecule has 0 atom stereocenters. The summed E-state index contributed by atoms with van der Waals surface area (Å²) in [7, 11) is -0.665. The number of hydrogen-bond acceptors (Lipinski definition) is 3. The molecule has 0 radical (unpaired) electrons. The maximum absolute atomic E-state index is 12.7. The molecule has 22 heavy (non-hydrogen) atoms. The summed E-state index contributed by atoms with van der Waals surface area (Å²) in [6.07, 6.45) is 0. The van der Waals surface area contributed by atoms with Crippen LogP contribution >= 0.6 is 11.6 Å². The fourth-order valence-electron chi connectivity index (χ4n) is 2.25. The second-order valence-electron chi connectivity index (χ2n) is 5.06. The van der Waals surface area contributed by atoms with E-state index in [4.69, 9.17) is 16.3 Å². The molecular formula is C16H18ClNO3S. The molecule has 0 spiro atoms. The van der Waals surface area contributed by atoms with Crippen molar-refractivity contribution < 1.29 is 13.2 Å². The van der Waals surface area contributed by atoms with E-state index in [0.717, 1.165) is 11.1 Å². The van der Waals surface area contributed by atoms with Crippen molar-refractivity contribution >= 4 is 27.3 Å². The van der Waals surface area contributed by atoms with Gasteiger partial charge in [-0.1, -0.05) is 29.3 Å². The zero-order chi connectivity index (χ0) is 16.5. The van der Waals surface area contributed by atoms with Gasteiger partial charge in [0.15, 0.2) is 0 Å². The molecule has 0 unspecified atom stereocenters. The topological polar surface area (TPSA) is 46.6 Å². The van der Waals surface area contributed by atoms with E-state index in [1.54, 1.807) is 12.1 Å². The van der Waals surface area contributed by atoms with Gasteiger partial charge >= 0.3 is 0 Å². The highest BCUT2D eigenvalue weighted by atomic mass is 35.5. The monoisotopic (exact) mass is 339 g/mol. The molecule has 0 N–H and O–H groups in total. The summed E-state index contributed by atoms with van der Waals surface area (Å²) < 4.78 is 31.8. The van der Waals surface area contributed by atoms with E-state index in [0.29, 0.717) is 11.4 Å². The Labute approximate surface area is 136 Å². The molecule has 0 bridgehead atoms. The van der Waals surface area contributed by atoms with Crippen LogP contribution in [0.3, 0.4) is 0 Å². The van der Waals surface area contributed by atoms with Crippen LogP contribution in [0.15, 0.2) is 41.3 Å². The van der Waals surface area contributed by atoms with Crippen LogP contribution < -0.4 is 9.04 Å². The smallest absolute Gasteiger partial charge is 0.264 e. The fraction of sp³-hybridized carbons (Fsp3) is 0.250. The highest BCUT2D eigenvalue weighted by molar-refractivity contribution is 7.92. The van der Waals surface area contributed by atoms with Crippen molar-refractivity contribution in [2.24, 2.45) is 0 Å². The molecule has 0 amide bonds. The Bertz CT molecular complexity index is 803. The standard InChI is InChI=1S/C16H18ClNO3S/c1-11-5-7-15(12(2)9-11)18(3)22(19,20)13-6-8-16(21-4)14(17)10-13/h5-10H,1-4H3.